The van der Waals surface area contributed by atoms with Crippen LogP contribution in [0.25, 0.3) is 0 Å². The van der Waals surface area contributed by atoms with Crippen LogP contribution >= 0.6 is 0 Å². The standard InChI is InChI=1S/C24H27NO3/c1-2-27-23-15-9-14-21(24(23)28-18-19-10-5-3-6-11-19)16-25-17-22(26)20-12-7-4-8-13-20/h3-15,22,25-26H,2,16-18H2,1H3. The SMILES string of the molecule is CCOc1cccc(CNCC(O)c2ccccc2)c1OCc1ccccc1. The summed E-state index contributed by atoms with van der Waals surface area (Å²) in [6.07, 6.45) is -0.551. The molecular formula is C24H27NO3. The molecule has 3 rings (SSSR count). The molecule has 0 fully saturated rings. The maximum Gasteiger partial charge on any atom is 0.166 e. The molecule has 0 saturated heterocycles. The number of aliphatic hydroxyl groups excluding tert-OH is 1. The zero-order valence-electron chi connectivity index (χ0n) is 16.2. The first-order chi connectivity index (χ1) is 13.8. The van der Waals surface area contributed by atoms with Crippen LogP contribution in [0.3, 0.4) is 0 Å². The summed E-state index contributed by atoms with van der Waals surface area (Å²) in [7, 11) is 0. The van der Waals surface area contributed by atoms with Gasteiger partial charge in [-0.05, 0) is 24.1 Å². The van der Waals surface area contributed by atoms with Gasteiger partial charge in [0.25, 0.3) is 0 Å². The van der Waals surface area contributed by atoms with Crippen LogP contribution in [0.2, 0.25) is 0 Å². The van der Waals surface area contributed by atoms with Gasteiger partial charge in [-0.15, -0.1) is 0 Å². The first-order valence-electron chi connectivity index (χ1n) is 9.63. The third-order valence-electron chi connectivity index (χ3n) is 4.42. The van der Waals surface area contributed by atoms with Crippen LogP contribution in [0.4, 0.5) is 0 Å². The minimum atomic E-state index is -0.551. The molecule has 0 aliphatic rings. The number of hydrogen-bond donors (Lipinski definition) is 2. The van der Waals surface area contributed by atoms with Crippen LogP contribution in [0.5, 0.6) is 11.5 Å². The minimum absolute atomic E-state index is 0.459. The highest BCUT2D eigenvalue weighted by Gasteiger charge is 2.13. The van der Waals surface area contributed by atoms with Gasteiger partial charge in [-0.2, -0.15) is 0 Å². The van der Waals surface area contributed by atoms with Crippen LogP contribution in [0.1, 0.15) is 29.7 Å². The Morgan fingerprint density at radius 3 is 2.29 bits per heavy atom. The molecule has 2 N–H and O–H groups in total. The lowest BCUT2D eigenvalue weighted by molar-refractivity contribution is 0.174. The molecule has 4 heteroatoms. The number of hydrogen-bond acceptors (Lipinski definition) is 4. The van der Waals surface area contributed by atoms with Gasteiger partial charge in [0.15, 0.2) is 11.5 Å². The third-order valence-corrected chi connectivity index (χ3v) is 4.42. The molecule has 1 atom stereocenters. The summed E-state index contributed by atoms with van der Waals surface area (Å²) in [5, 5.41) is 13.7. The van der Waals surface area contributed by atoms with E-state index in [0.29, 0.717) is 26.3 Å². The zero-order valence-corrected chi connectivity index (χ0v) is 16.2. The van der Waals surface area contributed by atoms with Gasteiger partial charge in [0.2, 0.25) is 0 Å². The number of aliphatic hydroxyl groups is 1. The van der Waals surface area contributed by atoms with Crippen LogP contribution in [0.15, 0.2) is 78.9 Å². The highest BCUT2D eigenvalue weighted by atomic mass is 16.5. The molecule has 3 aromatic carbocycles. The predicted molar refractivity (Wildman–Crippen MR) is 111 cm³/mol. The largest absolute Gasteiger partial charge is 0.490 e. The summed E-state index contributed by atoms with van der Waals surface area (Å²) >= 11 is 0. The number of rotatable bonds is 10. The monoisotopic (exact) mass is 377 g/mol. The number of benzene rings is 3. The summed E-state index contributed by atoms with van der Waals surface area (Å²) in [6, 6.07) is 25.6. The van der Waals surface area contributed by atoms with E-state index < -0.39 is 6.10 Å². The maximum atomic E-state index is 10.3. The Hall–Kier alpha value is -2.82. The van der Waals surface area contributed by atoms with Crippen molar-refractivity contribution >= 4 is 0 Å². The molecule has 28 heavy (non-hydrogen) atoms. The highest BCUT2D eigenvalue weighted by molar-refractivity contribution is 5.46. The van der Waals surface area contributed by atoms with Crippen LogP contribution < -0.4 is 14.8 Å². The Balaban J connectivity index is 1.66. The number of para-hydroxylation sites is 1. The Labute approximate surface area is 166 Å². The maximum absolute atomic E-state index is 10.3. The van der Waals surface area contributed by atoms with E-state index in [1.54, 1.807) is 0 Å². The Morgan fingerprint density at radius 1 is 0.857 bits per heavy atom. The van der Waals surface area contributed by atoms with E-state index in [9.17, 15) is 5.11 Å². The average molecular weight is 377 g/mol. The van der Waals surface area contributed by atoms with Crippen molar-refractivity contribution in [2.75, 3.05) is 13.2 Å². The lowest BCUT2D eigenvalue weighted by Gasteiger charge is -2.17. The van der Waals surface area contributed by atoms with E-state index in [1.165, 1.54) is 0 Å². The van der Waals surface area contributed by atoms with Crippen molar-refractivity contribution in [3.05, 3.63) is 95.6 Å². The Morgan fingerprint density at radius 2 is 1.57 bits per heavy atom. The predicted octanol–water partition coefficient (Wildman–Crippen LogP) is 4.49. The first-order valence-corrected chi connectivity index (χ1v) is 9.63. The molecule has 4 nitrogen and oxygen atoms in total. The molecule has 0 aromatic heterocycles. The molecule has 0 bridgehead atoms. The normalized spacial score (nSPS) is 11.8. The van der Waals surface area contributed by atoms with Gasteiger partial charge in [-0.25, -0.2) is 0 Å². The molecular weight excluding hydrogens is 350 g/mol. The van der Waals surface area contributed by atoms with E-state index in [4.69, 9.17) is 9.47 Å². The van der Waals surface area contributed by atoms with Crippen LogP contribution in [0, 0.1) is 0 Å². The van der Waals surface area contributed by atoms with E-state index in [2.05, 4.69) is 5.32 Å². The van der Waals surface area contributed by atoms with Crippen molar-refractivity contribution in [2.24, 2.45) is 0 Å². The zero-order chi connectivity index (χ0) is 19.6. The van der Waals surface area contributed by atoms with Crippen molar-refractivity contribution in [2.45, 2.75) is 26.2 Å². The molecule has 0 aliphatic carbocycles. The second-order valence-electron chi connectivity index (χ2n) is 6.51. The quantitative estimate of drug-likeness (QED) is 0.547. The highest BCUT2D eigenvalue weighted by Crippen LogP contribution is 2.32. The molecule has 0 saturated carbocycles. The summed E-state index contributed by atoms with van der Waals surface area (Å²) < 4.78 is 11.9. The number of ether oxygens (including phenoxy) is 2. The Bertz CT molecular complexity index is 837. The van der Waals surface area contributed by atoms with E-state index >= 15 is 0 Å². The van der Waals surface area contributed by atoms with Crippen molar-refractivity contribution in [1.29, 1.82) is 0 Å². The average Bonchev–Trinajstić information content (AvgIpc) is 2.74. The van der Waals surface area contributed by atoms with Crippen LogP contribution in [-0.4, -0.2) is 18.3 Å². The smallest absolute Gasteiger partial charge is 0.166 e. The second-order valence-corrected chi connectivity index (χ2v) is 6.51. The lowest BCUT2D eigenvalue weighted by atomic mass is 10.1. The Kier molecular flexibility index (Phi) is 7.47. The molecule has 0 radical (unpaired) electrons. The van der Waals surface area contributed by atoms with Gasteiger partial charge < -0.3 is 19.9 Å². The molecule has 0 amide bonds. The molecule has 0 aliphatic heterocycles. The van der Waals surface area contributed by atoms with Crippen LogP contribution in [-0.2, 0) is 13.2 Å². The van der Waals surface area contributed by atoms with Crippen molar-refractivity contribution in [1.82, 2.24) is 5.32 Å². The minimum Gasteiger partial charge on any atom is -0.490 e. The van der Waals surface area contributed by atoms with E-state index in [0.717, 1.165) is 28.2 Å². The van der Waals surface area contributed by atoms with Crippen molar-refractivity contribution in [3.63, 3.8) is 0 Å². The van der Waals surface area contributed by atoms with Gasteiger partial charge in [0.05, 0.1) is 12.7 Å². The fourth-order valence-electron chi connectivity index (χ4n) is 3.00. The topological polar surface area (TPSA) is 50.7 Å². The molecule has 3 aromatic rings. The van der Waals surface area contributed by atoms with Crippen molar-refractivity contribution in [3.8, 4) is 11.5 Å². The fourth-order valence-corrected chi connectivity index (χ4v) is 3.00. The number of nitrogens with one attached hydrogen (secondary N) is 1. The summed E-state index contributed by atoms with van der Waals surface area (Å²) in [4.78, 5) is 0. The second kappa shape index (κ2) is 10.5. The molecule has 0 heterocycles. The molecule has 146 valence electrons. The fraction of sp³-hybridized carbons (Fsp3) is 0.250. The summed E-state index contributed by atoms with van der Waals surface area (Å²) in [6.45, 7) is 4.05. The van der Waals surface area contributed by atoms with Crippen molar-refractivity contribution < 1.29 is 14.6 Å². The van der Waals surface area contributed by atoms with E-state index in [1.807, 2.05) is 85.8 Å². The summed E-state index contributed by atoms with van der Waals surface area (Å²) in [5.41, 5.74) is 3.01. The molecule has 1 unspecified atom stereocenters. The van der Waals surface area contributed by atoms with E-state index in [-0.39, 0.29) is 0 Å². The van der Waals surface area contributed by atoms with Gasteiger partial charge >= 0.3 is 0 Å². The van der Waals surface area contributed by atoms with Gasteiger partial charge in [-0.1, -0.05) is 72.8 Å². The van der Waals surface area contributed by atoms with Gasteiger partial charge in [0, 0.05) is 18.7 Å². The van der Waals surface area contributed by atoms with Gasteiger partial charge in [0.1, 0.15) is 6.61 Å². The molecule has 0 spiro atoms. The lowest BCUT2D eigenvalue weighted by Crippen LogP contribution is -2.21. The third kappa shape index (κ3) is 5.59. The van der Waals surface area contributed by atoms with Gasteiger partial charge in [-0.3, -0.25) is 0 Å². The first kappa shape index (κ1) is 19.9. The summed E-state index contributed by atoms with van der Waals surface area (Å²) in [5.74, 6) is 1.48.